The summed E-state index contributed by atoms with van der Waals surface area (Å²) in [4.78, 5) is 27.0. The Kier molecular flexibility index (Phi) is 3.20. The molecule has 0 saturated carbocycles. The zero-order valence-corrected chi connectivity index (χ0v) is 9.39. The number of alkyl halides is 3. The quantitative estimate of drug-likeness (QED) is 0.794. The Bertz CT molecular complexity index is 663. The van der Waals surface area contributed by atoms with Crippen molar-refractivity contribution in [3.05, 3.63) is 64.3 Å². The van der Waals surface area contributed by atoms with Crippen LogP contribution in [0.1, 0.15) is 15.9 Å². The van der Waals surface area contributed by atoms with Gasteiger partial charge in [0, 0.05) is 24.7 Å². The molecular formula is C12H7F3N2O2. The molecule has 2 rings (SSSR count). The zero-order chi connectivity index (χ0) is 14.0. The fraction of sp³-hybridized carbons (Fsp3) is 0.0833. The van der Waals surface area contributed by atoms with E-state index in [9.17, 15) is 22.8 Å². The van der Waals surface area contributed by atoms with Gasteiger partial charge >= 0.3 is 6.18 Å². The highest BCUT2D eigenvalue weighted by Gasteiger charge is 2.31. The van der Waals surface area contributed by atoms with Gasteiger partial charge in [-0.3, -0.25) is 14.6 Å². The molecule has 7 heteroatoms. The molecule has 0 spiro atoms. The second kappa shape index (κ2) is 4.68. The smallest absolute Gasteiger partial charge is 0.269 e. The normalized spacial score (nSPS) is 11.3. The number of rotatable bonds is 1. The number of nitrogens with zero attached hydrogens (tertiary/aromatic N) is 2. The molecule has 0 bridgehead atoms. The molecule has 0 aliphatic rings. The molecule has 0 amide bonds. The van der Waals surface area contributed by atoms with Crippen molar-refractivity contribution in [1.82, 2.24) is 9.55 Å². The van der Waals surface area contributed by atoms with Gasteiger partial charge in [-0.05, 0) is 18.2 Å². The third-order valence-corrected chi connectivity index (χ3v) is 2.37. The fourth-order valence-electron chi connectivity index (χ4n) is 1.44. The Morgan fingerprint density at radius 1 is 1.21 bits per heavy atom. The molecule has 0 fully saturated rings. The predicted octanol–water partition coefficient (Wildman–Crippen LogP) is 1.95. The van der Waals surface area contributed by atoms with E-state index in [-0.39, 0.29) is 5.56 Å². The van der Waals surface area contributed by atoms with E-state index in [1.807, 2.05) is 0 Å². The summed E-state index contributed by atoms with van der Waals surface area (Å²) in [5.41, 5.74) is -1.87. The molecule has 2 aromatic rings. The van der Waals surface area contributed by atoms with Crippen LogP contribution >= 0.6 is 0 Å². The standard InChI is InChI=1S/C12H7F3N2O2/c13-12(14,15)9-3-4-10(18)17(7-9)11(19)8-2-1-5-16-6-8/h1-7H. The molecule has 0 atom stereocenters. The van der Waals surface area contributed by atoms with Crippen LogP contribution in [0.4, 0.5) is 13.2 Å². The first-order valence-electron chi connectivity index (χ1n) is 5.14. The van der Waals surface area contributed by atoms with Crippen LogP contribution in [-0.2, 0) is 6.18 Å². The summed E-state index contributed by atoms with van der Waals surface area (Å²) in [7, 11) is 0. The largest absolute Gasteiger partial charge is 0.417 e. The van der Waals surface area contributed by atoms with Crippen LogP contribution in [0.5, 0.6) is 0 Å². The molecule has 0 unspecified atom stereocenters. The van der Waals surface area contributed by atoms with Crippen molar-refractivity contribution in [1.29, 1.82) is 0 Å². The van der Waals surface area contributed by atoms with E-state index in [0.717, 1.165) is 0 Å². The Hall–Kier alpha value is -2.44. The molecule has 0 aliphatic heterocycles. The van der Waals surface area contributed by atoms with Gasteiger partial charge in [-0.1, -0.05) is 0 Å². The van der Waals surface area contributed by atoms with E-state index in [1.165, 1.54) is 24.5 Å². The van der Waals surface area contributed by atoms with E-state index in [4.69, 9.17) is 0 Å². The zero-order valence-electron chi connectivity index (χ0n) is 9.39. The number of hydrogen-bond donors (Lipinski definition) is 0. The summed E-state index contributed by atoms with van der Waals surface area (Å²) in [6.07, 6.45) is -1.55. The van der Waals surface area contributed by atoms with Crippen LogP contribution in [-0.4, -0.2) is 15.5 Å². The molecule has 19 heavy (non-hydrogen) atoms. The molecule has 0 saturated heterocycles. The molecule has 98 valence electrons. The van der Waals surface area contributed by atoms with Crippen molar-refractivity contribution >= 4 is 5.91 Å². The highest BCUT2D eigenvalue weighted by atomic mass is 19.4. The molecule has 2 heterocycles. The van der Waals surface area contributed by atoms with Crippen molar-refractivity contribution < 1.29 is 18.0 Å². The van der Waals surface area contributed by atoms with Gasteiger partial charge in [0.25, 0.3) is 11.5 Å². The highest BCUT2D eigenvalue weighted by molar-refractivity contribution is 5.95. The number of halogens is 3. The molecule has 0 N–H and O–H groups in total. The van der Waals surface area contributed by atoms with Crippen LogP contribution in [0, 0.1) is 0 Å². The van der Waals surface area contributed by atoms with E-state index >= 15 is 0 Å². The average molecular weight is 268 g/mol. The third-order valence-electron chi connectivity index (χ3n) is 2.37. The van der Waals surface area contributed by atoms with Crippen molar-refractivity contribution in [2.24, 2.45) is 0 Å². The van der Waals surface area contributed by atoms with Crippen molar-refractivity contribution in [2.75, 3.05) is 0 Å². The number of carbonyl (C=O) groups excluding carboxylic acids is 1. The van der Waals surface area contributed by atoms with E-state index in [1.54, 1.807) is 0 Å². The molecule has 0 aromatic carbocycles. The highest BCUT2D eigenvalue weighted by Crippen LogP contribution is 2.28. The van der Waals surface area contributed by atoms with Gasteiger partial charge in [-0.25, -0.2) is 4.57 Å². The molecule has 0 aliphatic carbocycles. The Balaban J connectivity index is 2.51. The monoisotopic (exact) mass is 268 g/mol. The predicted molar refractivity (Wildman–Crippen MR) is 59.7 cm³/mol. The maximum Gasteiger partial charge on any atom is 0.417 e. The van der Waals surface area contributed by atoms with Gasteiger partial charge in [-0.2, -0.15) is 13.2 Å². The van der Waals surface area contributed by atoms with Crippen molar-refractivity contribution in [3.63, 3.8) is 0 Å². The van der Waals surface area contributed by atoms with Gasteiger partial charge < -0.3 is 0 Å². The summed E-state index contributed by atoms with van der Waals surface area (Å²) in [6.45, 7) is 0. The number of hydrogen-bond acceptors (Lipinski definition) is 3. The summed E-state index contributed by atoms with van der Waals surface area (Å²) < 4.78 is 38.0. The Morgan fingerprint density at radius 3 is 2.53 bits per heavy atom. The minimum Gasteiger partial charge on any atom is -0.269 e. The second-order valence-electron chi connectivity index (χ2n) is 3.67. The van der Waals surface area contributed by atoms with Crippen LogP contribution < -0.4 is 5.56 Å². The molecule has 2 aromatic heterocycles. The average Bonchev–Trinajstić information content (AvgIpc) is 2.38. The first-order valence-corrected chi connectivity index (χ1v) is 5.14. The van der Waals surface area contributed by atoms with Gasteiger partial charge in [-0.15, -0.1) is 0 Å². The lowest BCUT2D eigenvalue weighted by molar-refractivity contribution is -0.137. The maximum atomic E-state index is 12.5. The summed E-state index contributed by atoms with van der Waals surface area (Å²) in [5, 5.41) is 0. The Labute approximate surface area is 105 Å². The van der Waals surface area contributed by atoms with Crippen LogP contribution in [0.3, 0.4) is 0 Å². The first-order chi connectivity index (χ1) is 8.89. The van der Waals surface area contributed by atoms with Crippen LogP contribution in [0.15, 0.2) is 47.7 Å². The van der Waals surface area contributed by atoms with Gasteiger partial charge in [0.05, 0.1) is 11.1 Å². The van der Waals surface area contributed by atoms with Crippen LogP contribution in [0.25, 0.3) is 0 Å². The first kappa shape index (κ1) is 13.0. The van der Waals surface area contributed by atoms with Gasteiger partial charge in [0.2, 0.25) is 0 Å². The lowest BCUT2D eigenvalue weighted by Crippen LogP contribution is -2.27. The Morgan fingerprint density at radius 2 is 1.95 bits per heavy atom. The minimum atomic E-state index is -4.62. The lowest BCUT2D eigenvalue weighted by atomic mass is 10.2. The van der Waals surface area contributed by atoms with Crippen molar-refractivity contribution in [2.45, 2.75) is 6.18 Å². The molecular weight excluding hydrogens is 261 g/mol. The summed E-state index contributed by atoms with van der Waals surface area (Å²) in [6, 6.07) is 4.15. The SMILES string of the molecule is O=C(c1cccnc1)n1cc(C(F)(F)F)ccc1=O. The van der Waals surface area contributed by atoms with E-state index < -0.39 is 23.2 Å². The minimum absolute atomic E-state index is 0.0314. The van der Waals surface area contributed by atoms with Crippen LogP contribution in [0.2, 0.25) is 0 Å². The third kappa shape index (κ3) is 2.70. The number of carbonyl (C=O) groups is 1. The maximum absolute atomic E-state index is 12.5. The van der Waals surface area contributed by atoms with E-state index in [2.05, 4.69) is 4.98 Å². The number of pyridine rings is 2. The molecule has 4 nitrogen and oxygen atoms in total. The van der Waals surface area contributed by atoms with Gasteiger partial charge in [0.1, 0.15) is 0 Å². The summed E-state index contributed by atoms with van der Waals surface area (Å²) in [5.74, 6) is -0.857. The number of aromatic nitrogens is 2. The fourth-order valence-corrected chi connectivity index (χ4v) is 1.44. The van der Waals surface area contributed by atoms with Gasteiger partial charge in [0.15, 0.2) is 0 Å². The van der Waals surface area contributed by atoms with E-state index in [0.29, 0.717) is 22.9 Å². The molecule has 0 radical (unpaired) electrons. The topological polar surface area (TPSA) is 52.0 Å². The lowest BCUT2D eigenvalue weighted by Gasteiger charge is -2.09. The second-order valence-corrected chi connectivity index (χ2v) is 3.67. The van der Waals surface area contributed by atoms with Crippen molar-refractivity contribution in [3.8, 4) is 0 Å². The summed E-state index contributed by atoms with van der Waals surface area (Å²) >= 11 is 0.